The first kappa shape index (κ1) is 14.3. The van der Waals surface area contributed by atoms with E-state index in [1.165, 1.54) is 0 Å². The number of carbonyl (C=O) groups is 1. The van der Waals surface area contributed by atoms with Crippen LogP contribution in [0.3, 0.4) is 0 Å². The Bertz CT molecular complexity index is 558. The van der Waals surface area contributed by atoms with Crippen LogP contribution in [0.15, 0.2) is 54.6 Å². The van der Waals surface area contributed by atoms with Crippen LogP contribution in [0, 0.1) is 6.92 Å². The van der Waals surface area contributed by atoms with Crippen LogP contribution in [0.2, 0.25) is 0 Å². The lowest BCUT2D eigenvalue weighted by molar-refractivity contribution is 0.0690. The van der Waals surface area contributed by atoms with Crippen molar-refractivity contribution in [1.29, 1.82) is 0 Å². The summed E-state index contributed by atoms with van der Waals surface area (Å²) in [7, 11) is 0. The molecule has 0 aliphatic rings. The summed E-state index contributed by atoms with van der Waals surface area (Å²) < 4.78 is 0. The quantitative estimate of drug-likeness (QED) is 0.821. The third kappa shape index (κ3) is 3.47. The first-order chi connectivity index (χ1) is 9.58. The summed E-state index contributed by atoms with van der Waals surface area (Å²) in [6.45, 7) is 8.55. The van der Waals surface area contributed by atoms with Crippen LogP contribution >= 0.6 is 0 Å². The fourth-order valence-corrected chi connectivity index (χ4v) is 2.08. The highest BCUT2D eigenvalue weighted by Gasteiger charge is 2.18. The summed E-state index contributed by atoms with van der Waals surface area (Å²) in [5, 5.41) is 0. The third-order valence-corrected chi connectivity index (χ3v) is 3.28. The van der Waals surface area contributed by atoms with Crippen LogP contribution in [0.1, 0.15) is 35.3 Å². The van der Waals surface area contributed by atoms with Crippen molar-refractivity contribution >= 4 is 5.91 Å². The van der Waals surface area contributed by atoms with Crippen LogP contribution in [0.4, 0.5) is 0 Å². The van der Waals surface area contributed by atoms with Crippen molar-refractivity contribution < 1.29 is 4.79 Å². The molecule has 0 heterocycles. The lowest BCUT2D eigenvalue weighted by atomic mass is 10.1. The Balaban J connectivity index is 2.20. The van der Waals surface area contributed by atoms with E-state index in [0.29, 0.717) is 12.1 Å². The van der Waals surface area contributed by atoms with Crippen molar-refractivity contribution in [1.82, 2.24) is 4.90 Å². The summed E-state index contributed by atoms with van der Waals surface area (Å²) in [6, 6.07) is 17.6. The molecule has 0 bridgehead atoms. The topological polar surface area (TPSA) is 20.3 Å². The zero-order valence-electron chi connectivity index (χ0n) is 12.0. The summed E-state index contributed by atoms with van der Waals surface area (Å²) in [5.74, 6) is 0.0591. The normalized spacial score (nSPS) is 10.6. The van der Waals surface area contributed by atoms with E-state index < -0.39 is 0 Å². The van der Waals surface area contributed by atoms with Crippen molar-refractivity contribution in [3.8, 4) is 0 Å². The molecule has 0 aliphatic heterocycles. The minimum Gasteiger partial charge on any atom is -0.332 e. The maximum atomic E-state index is 12.6. The van der Waals surface area contributed by atoms with E-state index in [1.807, 2.05) is 73.3 Å². The number of benzene rings is 2. The van der Waals surface area contributed by atoms with Gasteiger partial charge in [0.05, 0.1) is 0 Å². The summed E-state index contributed by atoms with van der Waals surface area (Å²) >= 11 is 0. The highest BCUT2D eigenvalue weighted by Crippen LogP contribution is 2.14. The molecular formula is C18H20NO. The predicted molar refractivity (Wildman–Crippen MR) is 82.4 cm³/mol. The predicted octanol–water partition coefficient (Wildman–Crippen LogP) is 3.92. The van der Waals surface area contributed by atoms with E-state index in [2.05, 4.69) is 6.92 Å². The molecule has 0 spiro atoms. The number of carbonyl (C=O) groups excluding carboxylic acids is 1. The molecule has 0 aliphatic carbocycles. The lowest BCUT2D eigenvalue weighted by Gasteiger charge is -2.27. The zero-order chi connectivity index (χ0) is 14.5. The molecule has 20 heavy (non-hydrogen) atoms. The largest absolute Gasteiger partial charge is 0.332 e. The first-order valence-corrected chi connectivity index (χ1v) is 6.85. The van der Waals surface area contributed by atoms with Gasteiger partial charge in [-0.25, -0.2) is 0 Å². The fraction of sp³-hybridized carbons (Fsp3) is 0.222. The Kier molecular flexibility index (Phi) is 4.57. The molecule has 0 N–H and O–H groups in total. The van der Waals surface area contributed by atoms with E-state index in [9.17, 15) is 4.79 Å². The SMILES string of the molecule is [CH2]c1ccc(C(=O)N(Cc2ccccc2)C(C)C)cc1. The van der Waals surface area contributed by atoms with Crippen molar-refractivity contribution in [2.75, 3.05) is 0 Å². The van der Waals surface area contributed by atoms with Gasteiger partial charge in [0, 0.05) is 18.2 Å². The van der Waals surface area contributed by atoms with Gasteiger partial charge in [0.1, 0.15) is 0 Å². The Hall–Kier alpha value is -2.09. The molecule has 0 atom stereocenters. The van der Waals surface area contributed by atoms with Crippen LogP contribution in [0.25, 0.3) is 0 Å². The molecule has 0 aromatic heterocycles. The van der Waals surface area contributed by atoms with Gasteiger partial charge in [-0.1, -0.05) is 42.5 Å². The minimum atomic E-state index is 0.0591. The van der Waals surface area contributed by atoms with E-state index >= 15 is 0 Å². The average Bonchev–Trinajstić information content (AvgIpc) is 2.45. The molecule has 0 fully saturated rings. The molecule has 2 aromatic rings. The number of amides is 1. The van der Waals surface area contributed by atoms with Crippen LogP contribution in [-0.4, -0.2) is 16.8 Å². The van der Waals surface area contributed by atoms with E-state index in [1.54, 1.807) is 0 Å². The molecule has 0 saturated carbocycles. The number of hydrogen-bond donors (Lipinski definition) is 0. The zero-order valence-corrected chi connectivity index (χ0v) is 12.0. The van der Waals surface area contributed by atoms with Gasteiger partial charge in [0.25, 0.3) is 5.91 Å². The Morgan fingerprint density at radius 2 is 1.65 bits per heavy atom. The van der Waals surface area contributed by atoms with Crippen LogP contribution in [-0.2, 0) is 6.54 Å². The minimum absolute atomic E-state index is 0.0591. The van der Waals surface area contributed by atoms with E-state index in [0.717, 1.165) is 11.1 Å². The molecular weight excluding hydrogens is 246 g/mol. The van der Waals surface area contributed by atoms with Gasteiger partial charge in [-0.3, -0.25) is 4.79 Å². The van der Waals surface area contributed by atoms with Gasteiger partial charge >= 0.3 is 0 Å². The number of rotatable bonds is 4. The van der Waals surface area contributed by atoms with Crippen molar-refractivity contribution in [3.63, 3.8) is 0 Å². The Morgan fingerprint density at radius 3 is 2.20 bits per heavy atom. The molecule has 0 unspecified atom stereocenters. The second-order valence-electron chi connectivity index (χ2n) is 5.21. The molecule has 1 amide bonds. The molecule has 2 nitrogen and oxygen atoms in total. The average molecular weight is 266 g/mol. The van der Waals surface area contributed by atoms with Gasteiger partial charge in [-0.2, -0.15) is 0 Å². The van der Waals surface area contributed by atoms with Crippen molar-refractivity contribution in [3.05, 3.63) is 78.2 Å². The second kappa shape index (κ2) is 6.38. The third-order valence-electron chi connectivity index (χ3n) is 3.28. The lowest BCUT2D eigenvalue weighted by Crippen LogP contribution is -2.36. The number of nitrogens with zero attached hydrogens (tertiary/aromatic N) is 1. The van der Waals surface area contributed by atoms with Gasteiger partial charge in [0.15, 0.2) is 0 Å². The molecule has 103 valence electrons. The van der Waals surface area contributed by atoms with Crippen LogP contribution in [0.5, 0.6) is 0 Å². The molecule has 2 heteroatoms. The van der Waals surface area contributed by atoms with E-state index in [-0.39, 0.29) is 11.9 Å². The smallest absolute Gasteiger partial charge is 0.254 e. The van der Waals surface area contributed by atoms with Gasteiger partial charge in [-0.05, 0) is 44.0 Å². The highest BCUT2D eigenvalue weighted by molar-refractivity contribution is 5.94. The molecule has 2 rings (SSSR count). The van der Waals surface area contributed by atoms with Gasteiger partial charge in [-0.15, -0.1) is 0 Å². The van der Waals surface area contributed by atoms with Crippen molar-refractivity contribution in [2.24, 2.45) is 0 Å². The second-order valence-corrected chi connectivity index (χ2v) is 5.21. The van der Waals surface area contributed by atoms with Gasteiger partial charge < -0.3 is 4.90 Å². The maximum absolute atomic E-state index is 12.6. The molecule has 0 saturated heterocycles. The van der Waals surface area contributed by atoms with E-state index in [4.69, 9.17) is 0 Å². The van der Waals surface area contributed by atoms with Gasteiger partial charge in [0.2, 0.25) is 0 Å². The monoisotopic (exact) mass is 266 g/mol. The highest BCUT2D eigenvalue weighted by atomic mass is 16.2. The summed E-state index contributed by atoms with van der Waals surface area (Å²) in [5.41, 5.74) is 2.77. The van der Waals surface area contributed by atoms with Crippen LogP contribution < -0.4 is 0 Å². The Morgan fingerprint density at radius 1 is 1.05 bits per heavy atom. The fourth-order valence-electron chi connectivity index (χ4n) is 2.08. The Labute approximate surface area is 121 Å². The first-order valence-electron chi connectivity index (χ1n) is 6.85. The summed E-state index contributed by atoms with van der Waals surface area (Å²) in [4.78, 5) is 14.5. The molecule has 2 aromatic carbocycles. The maximum Gasteiger partial charge on any atom is 0.254 e. The number of hydrogen-bond acceptors (Lipinski definition) is 1. The summed E-state index contributed by atoms with van der Waals surface area (Å²) in [6.07, 6.45) is 0. The molecule has 1 radical (unpaired) electrons. The van der Waals surface area contributed by atoms with Crippen molar-refractivity contribution in [2.45, 2.75) is 26.4 Å². The standard InChI is InChI=1S/C18H20NO/c1-14(2)19(13-16-7-5-4-6-8-16)18(20)17-11-9-15(3)10-12-17/h4-12,14H,3,13H2,1-2H3.